The maximum atomic E-state index is 13.2. The van der Waals surface area contributed by atoms with Crippen molar-refractivity contribution in [3.8, 4) is 5.75 Å². The van der Waals surface area contributed by atoms with Crippen molar-refractivity contribution in [3.63, 3.8) is 0 Å². The first-order valence-electron chi connectivity index (χ1n) is 8.76. The van der Waals surface area contributed by atoms with Crippen LogP contribution in [0.25, 0.3) is 0 Å². The molecule has 0 atom stereocenters. The first-order valence-corrected chi connectivity index (χ1v) is 8.76. The Morgan fingerprint density at radius 2 is 1.80 bits per heavy atom. The predicted octanol–water partition coefficient (Wildman–Crippen LogP) is 4.22. The number of aromatic nitrogens is 1. The number of hydrogen-bond acceptors (Lipinski definition) is 3. The van der Waals surface area contributed by atoms with Gasteiger partial charge in [-0.3, -0.25) is 9.59 Å². The highest BCUT2D eigenvalue weighted by Crippen LogP contribution is 2.26. The average Bonchev–Trinajstić information content (AvgIpc) is 2.67. The highest BCUT2D eigenvalue weighted by Gasteiger charge is 2.34. The molecule has 3 aromatic rings. The lowest BCUT2D eigenvalue weighted by Crippen LogP contribution is -2.31. The van der Waals surface area contributed by atoms with Crippen molar-refractivity contribution >= 4 is 11.6 Å². The first-order chi connectivity index (χ1) is 14.2. The van der Waals surface area contributed by atoms with Gasteiger partial charge in [0.2, 0.25) is 5.91 Å². The molecule has 0 aliphatic rings. The summed E-state index contributed by atoms with van der Waals surface area (Å²) < 4.78 is 57.8. The lowest BCUT2D eigenvalue weighted by Gasteiger charge is -2.11. The second-order valence-corrected chi connectivity index (χ2v) is 6.35. The third kappa shape index (κ3) is 5.47. The van der Waals surface area contributed by atoms with Gasteiger partial charge in [0.1, 0.15) is 30.3 Å². The van der Waals surface area contributed by atoms with Crippen molar-refractivity contribution in [1.29, 1.82) is 0 Å². The Balaban J connectivity index is 1.65. The van der Waals surface area contributed by atoms with Crippen LogP contribution in [0.3, 0.4) is 0 Å². The number of carbonyl (C=O) groups is 1. The number of pyridine rings is 1. The summed E-state index contributed by atoms with van der Waals surface area (Å²) in [6, 6.07) is 13.9. The van der Waals surface area contributed by atoms with Gasteiger partial charge in [0.15, 0.2) is 0 Å². The van der Waals surface area contributed by atoms with E-state index in [4.69, 9.17) is 4.74 Å². The Morgan fingerprint density at radius 3 is 2.53 bits per heavy atom. The lowest BCUT2D eigenvalue weighted by atomic mass is 10.2. The molecule has 3 rings (SSSR count). The number of alkyl halides is 3. The van der Waals surface area contributed by atoms with E-state index in [9.17, 15) is 27.2 Å². The number of halogens is 4. The summed E-state index contributed by atoms with van der Waals surface area (Å²) in [7, 11) is 0. The molecule has 0 unspecified atom stereocenters. The number of hydrogen-bond donors (Lipinski definition) is 1. The Morgan fingerprint density at radius 1 is 1.03 bits per heavy atom. The molecule has 0 saturated heterocycles. The smallest absolute Gasteiger partial charge is 0.421 e. The molecule has 0 spiro atoms. The van der Waals surface area contributed by atoms with E-state index >= 15 is 0 Å². The molecule has 0 aliphatic carbocycles. The van der Waals surface area contributed by atoms with Crippen LogP contribution in [0, 0.1) is 5.82 Å². The van der Waals surface area contributed by atoms with Crippen molar-refractivity contribution < 1.29 is 27.1 Å². The molecule has 9 heteroatoms. The molecule has 1 heterocycles. The molecule has 1 amide bonds. The van der Waals surface area contributed by atoms with Crippen LogP contribution in [0.2, 0.25) is 0 Å². The number of nitrogens with one attached hydrogen (secondary N) is 1. The van der Waals surface area contributed by atoms with Crippen LogP contribution >= 0.6 is 0 Å². The zero-order chi connectivity index (χ0) is 21.7. The van der Waals surface area contributed by atoms with E-state index in [1.807, 2.05) is 0 Å². The third-order valence-electron chi connectivity index (χ3n) is 4.05. The van der Waals surface area contributed by atoms with Crippen molar-refractivity contribution in [3.05, 3.63) is 94.2 Å². The van der Waals surface area contributed by atoms with Crippen molar-refractivity contribution in [2.45, 2.75) is 19.3 Å². The molecule has 156 valence electrons. The Labute approximate surface area is 168 Å². The monoisotopic (exact) mass is 420 g/mol. The maximum absolute atomic E-state index is 13.2. The largest absolute Gasteiger partial charge is 0.489 e. The summed E-state index contributed by atoms with van der Waals surface area (Å²) in [5.41, 5.74) is -1.58. The molecule has 0 fully saturated rings. The normalized spacial score (nSPS) is 11.2. The van der Waals surface area contributed by atoms with Crippen LogP contribution in [0.5, 0.6) is 5.75 Å². The van der Waals surface area contributed by atoms with Gasteiger partial charge in [-0.05, 0) is 42.0 Å². The van der Waals surface area contributed by atoms with Crippen molar-refractivity contribution in [2.24, 2.45) is 0 Å². The second kappa shape index (κ2) is 8.81. The van der Waals surface area contributed by atoms with Crippen molar-refractivity contribution in [1.82, 2.24) is 4.57 Å². The number of anilines is 1. The zero-order valence-electron chi connectivity index (χ0n) is 15.4. The number of benzene rings is 2. The maximum Gasteiger partial charge on any atom is 0.421 e. The van der Waals surface area contributed by atoms with Crippen LogP contribution in [0.15, 0.2) is 71.7 Å². The van der Waals surface area contributed by atoms with Gasteiger partial charge in [0.25, 0.3) is 5.56 Å². The van der Waals surface area contributed by atoms with E-state index in [0.29, 0.717) is 27.6 Å². The number of amides is 1. The fourth-order valence-corrected chi connectivity index (χ4v) is 2.69. The van der Waals surface area contributed by atoms with Gasteiger partial charge in [0.05, 0.1) is 0 Å². The molecule has 5 nitrogen and oxygen atoms in total. The summed E-state index contributed by atoms with van der Waals surface area (Å²) in [5.74, 6) is -0.758. The molecule has 0 radical (unpaired) electrons. The van der Waals surface area contributed by atoms with Crippen LogP contribution in [0.1, 0.15) is 11.1 Å². The SMILES string of the molecule is O=C(Cn1cccc(C(F)(F)F)c1=O)Nc1cccc(COc2cccc(F)c2)c1. The summed E-state index contributed by atoms with van der Waals surface area (Å²) in [4.78, 5) is 24.1. The average molecular weight is 420 g/mol. The lowest BCUT2D eigenvalue weighted by molar-refractivity contribution is -0.139. The molecular weight excluding hydrogens is 404 g/mol. The number of carbonyl (C=O) groups excluding carboxylic acids is 1. The minimum Gasteiger partial charge on any atom is -0.489 e. The van der Waals surface area contributed by atoms with Gasteiger partial charge in [0, 0.05) is 18.0 Å². The van der Waals surface area contributed by atoms with Gasteiger partial charge in [-0.1, -0.05) is 18.2 Å². The van der Waals surface area contributed by atoms with Crippen LogP contribution in [-0.4, -0.2) is 10.5 Å². The Kier molecular flexibility index (Phi) is 6.20. The van der Waals surface area contributed by atoms with Crippen LogP contribution < -0.4 is 15.6 Å². The summed E-state index contributed by atoms with van der Waals surface area (Å²) >= 11 is 0. The van der Waals surface area contributed by atoms with Gasteiger partial charge in [-0.25, -0.2) is 4.39 Å². The van der Waals surface area contributed by atoms with E-state index in [-0.39, 0.29) is 6.61 Å². The van der Waals surface area contributed by atoms with E-state index in [1.165, 1.54) is 18.2 Å². The predicted molar refractivity (Wildman–Crippen MR) is 102 cm³/mol. The topological polar surface area (TPSA) is 60.3 Å². The Hall–Kier alpha value is -3.62. The number of nitrogens with zero attached hydrogens (tertiary/aromatic N) is 1. The van der Waals surface area contributed by atoms with E-state index < -0.39 is 35.6 Å². The van der Waals surface area contributed by atoms with E-state index in [2.05, 4.69) is 5.32 Å². The number of rotatable bonds is 6. The molecule has 30 heavy (non-hydrogen) atoms. The summed E-state index contributed by atoms with van der Waals surface area (Å²) in [6.45, 7) is -0.465. The minimum atomic E-state index is -4.80. The second-order valence-electron chi connectivity index (χ2n) is 6.35. The van der Waals surface area contributed by atoms with Crippen LogP contribution in [-0.2, 0) is 24.1 Å². The Bertz CT molecular complexity index is 1110. The van der Waals surface area contributed by atoms with Gasteiger partial charge in [-0.2, -0.15) is 13.2 Å². The van der Waals surface area contributed by atoms with E-state index in [1.54, 1.807) is 30.3 Å². The highest BCUT2D eigenvalue weighted by molar-refractivity contribution is 5.90. The summed E-state index contributed by atoms with van der Waals surface area (Å²) in [5, 5.41) is 2.53. The molecule has 1 N–H and O–H groups in total. The first kappa shape index (κ1) is 21.1. The molecule has 0 bridgehead atoms. The van der Waals surface area contributed by atoms with Crippen LogP contribution in [0.4, 0.5) is 23.2 Å². The van der Waals surface area contributed by atoms with E-state index in [0.717, 1.165) is 12.3 Å². The van der Waals surface area contributed by atoms with Gasteiger partial charge < -0.3 is 14.6 Å². The molecule has 1 aromatic heterocycles. The fraction of sp³-hybridized carbons (Fsp3) is 0.143. The standard InChI is InChI=1S/C21H16F4N2O3/c22-15-5-2-7-17(11-15)30-13-14-4-1-6-16(10-14)26-19(28)12-27-9-3-8-18(20(27)29)21(23,24)25/h1-11H,12-13H2,(H,26,28). The van der Waals surface area contributed by atoms with Crippen molar-refractivity contribution in [2.75, 3.05) is 5.32 Å². The molecule has 0 aliphatic heterocycles. The zero-order valence-corrected chi connectivity index (χ0v) is 15.4. The fourth-order valence-electron chi connectivity index (χ4n) is 2.69. The van der Waals surface area contributed by atoms with Gasteiger partial charge >= 0.3 is 6.18 Å². The van der Waals surface area contributed by atoms with Gasteiger partial charge in [-0.15, -0.1) is 0 Å². The third-order valence-corrected chi connectivity index (χ3v) is 4.05. The molecular formula is C21H16F4N2O3. The molecule has 0 saturated carbocycles. The highest BCUT2D eigenvalue weighted by atomic mass is 19.4. The molecule has 2 aromatic carbocycles. The minimum absolute atomic E-state index is 0.111. The summed E-state index contributed by atoms with van der Waals surface area (Å²) in [6.07, 6.45) is -3.69. The number of ether oxygens (including phenoxy) is 1. The quantitative estimate of drug-likeness (QED) is 0.608.